The van der Waals surface area contributed by atoms with Crippen LogP contribution in [0.1, 0.15) is 65.2 Å². The van der Waals surface area contributed by atoms with E-state index in [4.69, 9.17) is 14.3 Å². The Hall–Kier alpha value is -1.27. The van der Waals surface area contributed by atoms with Crippen LogP contribution in [0.4, 0.5) is 0 Å². The number of carbonyl (C=O) groups is 2. The van der Waals surface area contributed by atoms with Crippen LogP contribution in [0.5, 0.6) is 0 Å². The van der Waals surface area contributed by atoms with Crippen molar-refractivity contribution in [2.24, 2.45) is 17.0 Å². The number of Topliss-reactive ketones (excluding diaryl/α,β-unsaturated/α-hetero) is 2. The normalized spacial score (nSPS) is 19.6. The molecular weight excluding hydrogens is 334 g/mol. The van der Waals surface area contributed by atoms with Crippen LogP contribution in [0.3, 0.4) is 0 Å². The summed E-state index contributed by atoms with van der Waals surface area (Å²) in [6.07, 6.45) is 5.35. The van der Waals surface area contributed by atoms with Gasteiger partial charge in [-0.3, -0.25) is 9.59 Å². The number of rotatable bonds is 15. The van der Waals surface area contributed by atoms with Crippen LogP contribution in [0.2, 0.25) is 0 Å². The molecule has 1 aliphatic rings. The molecule has 0 radical (unpaired) electrons. The highest BCUT2D eigenvalue weighted by Gasteiger charge is 2.40. The van der Waals surface area contributed by atoms with Crippen molar-refractivity contribution in [2.45, 2.75) is 65.2 Å². The van der Waals surface area contributed by atoms with Crippen LogP contribution in [-0.4, -0.2) is 50.8 Å². The molecule has 6 heteroatoms. The molecule has 1 saturated carbocycles. The van der Waals surface area contributed by atoms with Crippen molar-refractivity contribution in [2.75, 3.05) is 33.5 Å². The highest BCUT2D eigenvalue weighted by Crippen LogP contribution is 2.34. The lowest BCUT2D eigenvalue weighted by molar-refractivity contribution is -0.131. The van der Waals surface area contributed by atoms with Gasteiger partial charge < -0.3 is 14.3 Å². The SMILES string of the molecule is CCCOCCCC(=O)[C@H]1CC(=NOC)C[C@@H]1C(=O)CCCOCCC. The molecule has 1 rings (SSSR count). The van der Waals surface area contributed by atoms with E-state index in [-0.39, 0.29) is 23.4 Å². The molecule has 6 nitrogen and oxygen atoms in total. The molecule has 0 amide bonds. The average molecular weight is 370 g/mol. The molecule has 0 bridgehead atoms. The van der Waals surface area contributed by atoms with Gasteiger partial charge in [-0.2, -0.15) is 0 Å². The third-order valence-electron chi connectivity index (χ3n) is 4.56. The van der Waals surface area contributed by atoms with E-state index in [1.807, 2.05) is 0 Å². The van der Waals surface area contributed by atoms with Gasteiger partial charge in [0.05, 0.1) is 5.71 Å². The number of ketones is 2. The second kappa shape index (κ2) is 13.9. The smallest absolute Gasteiger partial charge is 0.137 e. The summed E-state index contributed by atoms with van der Waals surface area (Å²) in [5, 5.41) is 3.99. The van der Waals surface area contributed by atoms with Crippen molar-refractivity contribution in [1.82, 2.24) is 0 Å². The summed E-state index contributed by atoms with van der Waals surface area (Å²) in [5.41, 5.74) is 0.814. The monoisotopic (exact) mass is 369 g/mol. The maximum Gasteiger partial charge on any atom is 0.137 e. The van der Waals surface area contributed by atoms with Gasteiger partial charge in [0.1, 0.15) is 18.7 Å². The van der Waals surface area contributed by atoms with Gasteiger partial charge in [-0.15, -0.1) is 0 Å². The number of oxime groups is 1. The number of ether oxygens (including phenoxy) is 2. The summed E-state index contributed by atoms with van der Waals surface area (Å²) >= 11 is 0. The second-order valence-electron chi connectivity index (χ2n) is 6.83. The maximum absolute atomic E-state index is 12.6. The lowest BCUT2D eigenvalue weighted by atomic mass is 9.85. The molecule has 0 N–H and O–H groups in total. The maximum atomic E-state index is 12.6. The van der Waals surface area contributed by atoms with E-state index in [2.05, 4.69) is 19.0 Å². The molecule has 0 spiro atoms. The van der Waals surface area contributed by atoms with Gasteiger partial charge in [-0.1, -0.05) is 19.0 Å². The molecule has 150 valence electrons. The zero-order chi connectivity index (χ0) is 19.2. The van der Waals surface area contributed by atoms with E-state index in [1.165, 1.54) is 7.11 Å². The van der Waals surface area contributed by atoms with Crippen LogP contribution < -0.4 is 0 Å². The van der Waals surface area contributed by atoms with E-state index >= 15 is 0 Å². The first-order valence-corrected chi connectivity index (χ1v) is 9.93. The molecule has 1 fully saturated rings. The molecule has 0 heterocycles. The molecule has 2 atom stereocenters. The quantitative estimate of drug-likeness (QED) is 0.326. The number of hydrogen-bond acceptors (Lipinski definition) is 6. The summed E-state index contributed by atoms with van der Waals surface area (Å²) < 4.78 is 10.9. The van der Waals surface area contributed by atoms with Gasteiger partial charge >= 0.3 is 0 Å². The minimum Gasteiger partial charge on any atom is -0.399 e. The van der Waals surface area contributed by atoms with Crippen molar-refractivity contribution in [3.63, 3.8) is 0 Å². The van der Waals surface area contributed by atoms with E-state index in [0.717, 1.165) is 31.8 Å². The van der Waals surface area contributed by atoms with Crippen LogP contribution >= 0.6 is 0 Å². The van der Waals surface area contributed by atoms with Gasteiger partial charge in [0.2, 0.25) is 0 Å². The number of carbonyl (C=O) groups excluding carboxylic acids is 2. The predicted molar refractivity (Wildman–Crippen MR) is 101 cm³/mol. The lowest BCUT2D eigenvalue weighted by Gasteiger charge is -2.17. The molecule has 1 aliphatic carbocycles. The minimum atomic E-state index is -0.265. The lowest BCUT2D eigenvalue weighted by Crippen LogP contribution is -2.26. The molecule has 0 aliphatic heterocycles. The van der Waals surface area contributed by atoms with E-state index in [9.17, 15) is 9.59 Å². The van der Waals surface area contributed by atoms with Gasteiger partial charge in [0.15, 0.2) is 0 Å². The van der Waals surface area contributed by atoms with Crippen molar-refractivity contribution < 1.29 is 23.9 Å². The standard InChI is InChI=1S/C20H35NO5/c1-4-10-25-12-6-8-19(22)17-14-16(21-24-3)15-18(17)20(23)9-7-13-26-11-5-2/h17-18H,4-15H2,1-3H3/t17-,18-/m0/s1. The zero-order valence-electron chi connectivity index (χ0n) is 16.6. The fraction of sp³-hybridized carbons (Fsp3) is 0.850. The Morgan fingerprint density at radius 3 is 1.73 bits per heavy atom. The van der Waals surface area contributed by atoms with E-state index in [0.29, 0.717) is 51.7 Å². The summed E-state index contributed by atoms with van der Waals surface area (Å²) in [6.45, 7) is 6.76. The van der Waals surface area contributed by atoms with Gasteiger partial charge in [-0.25, -0.2) is 0 Å². The summed E-state index contributed by atoms with van der Waals surface area (Å²) in [5.74, 6) is -0.239. The van der Waals surface area contributed by atoms with Crippen LogP contribution in [0.15, 0.2) is 5.16 Å². The highest BCUT2D eigenvalue weighted by molar-refractivity contribution is 6.01. The molecular formula is C20H35NO5. The fourth-order valence-electron chi connectivity index (χ4n) is 3.32. The third-order valence-corrected chi connectivity index (χ3v) is 4.56. The van der Waals surface area contributed by atoms with Gasteiger partial charge in [0, 0.05) is 51.1 Å². The molecule has 0 aromatic rings. The average Bonchev–Trinajstić information content (AvgIpc) is 3.05. The Balaban J connectivity index is 2.51. The van der Waals surface area contributed by atoms with Gasteiger partial charge in [-0.05, 0) is 38.5 Å². The first-order valence-electron chi connectivity index (χ1n) is 9.93. The Morgan fingerprint density at radius 1 is 0.885 bits per heavy atom. The first-order chi connectivity index (χ1) is 12.6. The molecule has 26 heavy (non-hydrogen) atoms. The van der Waals surface area contributed by atoms with Crippen molar-refractivity contribution in [1.29, 1.82) is 0 Å². The molecule has 0 unspecified atom stereocenters. The Kier molecular flexibility index (Phi) is 12.1. The largest absolute Gasteiger partial charge is 0.399 e. The number of hydrogen-bond donors (Lipinski definition) is 0. The van der Waals surface area contributed by atoms with Gasteiger partial charge in [0.25, 0.3) is 0 Å². The number of nitrogens with zero attached hydrogens (tertiary/aromatic N) is 1. The highest BCUT2D eigenvalue weighted by atomic mass is 16.6. The summed E-state index contributed by atoms with van der Waals surface area (Å²) in [4.78, 5) is 30.1. The summed E-state index contributed by atoms with van der Waals surface area (Å²) in [6, 6.07) is 0. The molecule has 0 saturated heterocycles. The molecule has 0 aromatic heterocycles. The van der Waals surface area contributed by atoms with Crippen LogP contribution in [-0.2, 0) is 23.9 Å². The second-order valence-corrected chi connectivity index (χ2v) is 6.83. The first kappa shape index (κ1) is 22.8. The Bertz CT molecular complexity index is 413. The summed E-state index contributed by atoms with van der Waals surface area (Å²) in [7, 11) is 1.50. The topological polar surface area (TPSA) is 74.2 Å². The van der Waals surface area contributed by atoms with Crippen LogP contribution in [0, 0.1) is 11.8 Å². The van der Waals surface area contributed by atoms with E-state index in [1.54, 1.807) is 0 Å². The Morgan fingerprint density at radius 2 is 1.35 bits per heavy atom. The zero-order valence-corrected chi connectivity index (χ0v) is 16.6. The fourth-order valence-corrected chi connectivity index (χ4v) is 3.32. The predicted octanol–water partition coefficient (Wildman–Crippen LogP) is 3.57. The van der Waals surface area contributed by atoms with E-state index < -0.39 is 0 Å². The van der Waals surface area contributed by atoms with Crippen molar-refractivity contribution >= 4 is 17.3 Å². The minimum absolute atomic E-state index is 0.145. The Labute approximate surface area is 157 Å². The van der Waals surface area contributed by atoms with Crippen molar-refractivity contribution in [3.05, 3.63) is 0 Å². The molecule has 0 aromatic carbocycles. The third kappa shape index (κ3) is 8.41. The van der Waals surface area contributed by atoms with Crippen LogP contribution in [0.25, 0.3) is 0 Å². The van der Waals surface area contributed by atoms with Crippen molar-refractivity contribution in [3.8, 4) is 0 Å².